The van der Waals surface area contributed by atoms with Crippen molar-refractivity contribution in [3.8, 4) is 23.0 Å². The summed E-state index contributed by atoms with van der Waals surface area (Å²) < 4.78 is 43.2. The Morgan fingerprint density at radius 2 is 1.85 bits per heavy atom. The van der Waals surface area contributed by atoms with Crippen LogP contribution in [0.15, 0.2) is 50.7 Å². The number of rotatable bonds is 6. The van der Waals surface area contributed by atoms with Crippen molar-refractivity contribution >= 4 is 27.3 Å². The molecule has 0 saturated heterocycles. The average Bonchev–Trinajstić information content (AvgIpc) is 3.13. The molecule has 0 unspecified atom stereocenters. The number of furan rings is 1. The van der Waals surface area contributed by atoms with Crippen LogP contribution in [0.3, 0.4) is 0 Å². The summed E-state index contributed by atoms with van der Waals surface area (Å²) >= 11 is 6.05. The molecule has 2 aromatic heterocycles. The van der Waals surface area contributed by atoms with Gasteiger partial charge in [-0.3, -0.25) is 9.52 Å². The lowest BCUT2D eigenvalue weighted by Crippen LogP contribution is -2.13. The minimum Gasteiger partial charge on any atom is -0.495 e. The number of hydrogen-bond acceptors (Lipinski definition) is 7. The van der Waals surface area contributed by atoms with Gasteiger partial charge in [0.1, 0.15) is 17.2 Å². The van der Waals surface area contributed by atoms with Gasteiger partial charge in [0, 0.05) is 12.1 Å². The predicted octanol–water partition coefficient (Wildman–Crippen LogP) is 2.50. The molecule has 0 aliphatic carbocycles. The highest BCUT2D eigenvalue weighted by Crippen LogP contribution is 2.37. The Hall–Kier alpha value is -2.98. The number of anilines is 1. The van der Waals surface area contributed by atoms with Crippen molar-refractivity contribution in [2.45, 2.75) is 5.09 Å². The van der Waals surface area contributed by atoms with Gasteiger partial charge in [0.05, 0.1) is 24.9 Å². The van der Waals surface area contributed by atoms with Crippen molar-refractivity contribution in [3.63, 3.8) is 0 Å². The van der Waals surface area contributed by atoms with Gasteiger partial charge in [0.15, 0.2) is 5.76 Å². The van der Waals surface area contributed by atoms with Gasteiger partial charge in [-0.25, -0.2) is 5.10 Å². The molecule has 11 heteroatoms. The van der Waals surface area contributed by atoms with Gasteiger partial charge in [0.2, 0.25) is 5.09 Å². The molecule has 0 fully saturated rings. The van der Waals surface area contributed by atoms with E-state index in [-0.39, 0.29) is 38.6 Å². The summed E-state index contributed by atoms with van der Waals surface area (Å²) in [5.41, 5.74) is 0.00726. The van der Waals surface area contributed by atoms with E-state index in [1.165, 1.54) is 50.6 Å². The monoisotopic (exact) mass is 411 g/mol. The minimum atomic E-state index is -4.07. The quantitative estimate of drug-likeness (QED) is 0.638. The third-order valence-corrected chi connectivity index (χ3v) is 5.03. The van der Waals surface area contributed by atoms with E-state index in [1.807, 2.05) is 0 Å². The first-order valence-corrected chi connectivity index (χ1v) is 9.30. The van der Waals surface area contributed by atoms with Crippen molar-refractivity contribution in [2.24, 2.45) is 0 Å². The zero-order valence-corrected chi connectivity index (χ0v) is 15.7. The van der Waals surface area contributed by atoms with Crippen LogP contribution in [-0.4, -0.2) is 32.8 Å². The van der Waals surface area contributed by atoms with E-state index in [2.05, 4.69) is 14.9 Å². The van der Waals surface area contributed by atoms with Gasteiger partial charge >= 0.3 is 0 Å². The Bertz CT molecular complexity index is 1120. The van der Waals surface area contributed by atoms with Crippen LogP contribution in [-0.2, 0) is 10.0 Å². The maximum absolute atomic E-state index is 12.6. The highest BCUT2D eigenvalue weighted by atomic mass is 35.5. The van der Waals surface area contributed by atoms with Gasteiger partial charge in [-0.1, -0.05) is 11.6 Å². The first-order chi connectivity index (χ1) is 12.8. The zero-order chi connectivity index (χ0) is 19.6. The maximum atomic E-state index is 12.6. The predicted molar refractivity (Wildman–Crippen MR) is 97.9 cm³/mol. The molecule has 0 atom stereocenters. The topological polar surface area (TPSA) is 124 Å². The largest absolute Gasteiger partial charge is 0.495 e. The molecule has 9 nitrogen and oxygen atoms in total. The zero-order valence-electron chi connectivity index (χ0n) is 14.1. The third kappa shape index (κ3) is 3.91. The number of aromatic nitrogens is 2. The first kappa shape index (κ1) is 18.8. The summed E-state index contributed by atoms with van der Waals surface area (Å²) in [6.45, 7) is 0. The van der Waals surface area contributed by atoms with Gasteiger partial charge in [0.25, 0.3) is 15.6 Å². The number of methoxy groups -OCH3 is 2. The van der Waals surface area contributed by atoms with Crippen molar-refractivity contribution in [1.82, 2.24) is 10.2 Å². The van der Waals surface area contributed by atoms with E-state index in [0.29, 0.717) is 5.75 Å². The summed E-state index contributed by atoms with van der Waals surface area (Å²) in [6, 6.07) is 8.17. The van der Waals surface area contributed by atoms with Crippen LogP contribution in [0, 0.1) is 0 Å². The van der Waals surface area contributed by atoms with E-state index in [4.69, 9.17) is 25.5 Å². The summed E-state index contributed by atoms with van der Waals surface area (Å²) in [4.78, 5) is 11.1. The molecule has 142 valence electrons. The second-order valence-electron chi connectivity index (χ2n) is 5.22. The molecule has 2 N–H and O–H groups in total. The highest BCUT2D eigenvalue weighted by Gasteiger charge is 2.22. The van der Waals surface area contributed by atoms with Crippen molar-refractivity contribution in [1.29, 1.82) is 0 Å². The number of ether oxygens (including phenoxy) is 2. The second kappa shape index (κ2) is 7.33. The Balaban J connectivity index is 1.93. The smallest absolute Gasteiger partial charge is 0.295 e. The molecule has 0 amide bonds. The molecule has 0 aliphatic heterocycles. The number of nitrogens with one attached hydrogen (secondary N) is 2. The molecule has 1 aromatic carbocycles. The Kier molecular flexibility index (Phi) is 5.10. The summed E-state index contributed by atoms with van der Waals surface area (Å²) in [5, 5.41) is 5.89. The fourth-order valence-corrected chi connectivity index (χ4v) is 3.46. The number of benzene rings is 1. The number of hydrogen-bond donors (Lipinski definition) is 2. The van der Waals surface area contributed by atoms with E-state index < -0.39 is 10.0 Å². The molecule has 0 spiro atoms. The summed E-state index contributed by atoms with van der Waals surface area (Å²) in [5.74, 6) is 0.723. The molecule has 3 rings (SSSR count). The standard InChI is InChI=1S/C16H14ClN3O6S/c1-24-13-8-14(25-2)11(7-9(13)17)20-27(22,23)16-6-4-12(26-16)10-3-5-15(21)19-18-10/h3-8,20H,1-2H3,(H,19,21). The van der Waals surface area contributed by atoms with Crippen LogP contribution in [0.4, 0.5) is 5.69 Å². The lowest BCUT2D eigenvalue weighted by Gasteiger charge is -2.13. The van der Waals surface area contributed by atoms with E-state index in [0.717, 1.165) is 0 Å². The molecular weight excluding hydrogens is 398 g/mol. The molecule has 2 heterocycles. The molecule has 0 radical (unpaired) electrons. The average molecular weight is 412 g/mol. The van der Waals surface area contributed by atoms with Crippen LogP contribution in [0.5, 0.6) is 11.5 Å². The van der Waals surface area contributed by atoms with Crippen LogP contribution in [0.2, 0.25) is 5.02 Å². The fraction of sp³-hybridized carbons (Fsp3) is 0.125. The molecule has 0 bridgehead atoms. The minimum absolute atomic E-state index is 0.114. The van der Waals surface area contributed by atoms with Crippen LogP contribution in [0.1, 0.15) is 0 Å². The number of nitrogens with zero attached hydrogens (tertiary/aromatic N) is 1. The van der Waals surface area contributed by atoms with Gasteiger partial charge in [-0.15, -0.1) is 0 Å². The summed E-state index contributed by atoms with van der Waals surface area (Å²) in [6.07, 6.45) is 0. The third-order valence-electron chi connectivity index (χ3n) is 3.50. The first-order valence-electron chi connectivity index (χ1n) is 7.44. The van der Waals surface area contributed by atoms with Crippen LogP contribution >= 0.6 is 11.6 Å². The molecular formula is C16H14ClN3O6S. The SMILES string of the molecule is COc1cc(OC)c(NS(=O)(=O)c2ccc(-c3ccc(=O)[nH]n3)o2)cc1Cl. The number of aromatic amines is 1. The van der Waals surface area contributed by atoms with Crippen LogP contribution in [0.25, 0.3) is 11.5 Å². The molecule has 27 heavy (non-hydrogen) atoms. The van der Waals surface area contributed by atoms with Crippen molar-refractivity contribution in [3.05, 3.63) is 51.8 Å². The van der Waals surface area contributed by atoms with Crippen molar-refractivity contribution < 1.29 is 22.3 Å². The van der Waals surface area contributed by atoms with E-state index in [1.54, 1.807) is 0 Å². The molecule has 3 aromatic rings. The Labute approximate surface area is 158 Å². The summed E-state index contributed by atoms with van der Waals surface area (Å²) in [7, 11) is -1.26. The van der Waals surface area contributed by atoms with Gasteiger partial charge in [-0.05, 0) is 24.3 Å². The lowest BCUT2D eigenvalue weighted by atomic mass is 10.3. The Morgan fingerprint density at radius 1 is 1.11 bits per heavy atom. The lowest BCUT2D eigenvalue weighted by molar-refractivity contribution is 0.395. The normalized spacial score (nSPS) is 11.2. The maximum Gasteiger partial charge on any atom is 0.295 e. The Morgan fingerprint density at radius 3 is 2.48 bits per heavy atom. The second-order valence-corrected chi connectivity index (χ2v) is 7.24. The molecule has 0 aliphatic rings. The van der Waals surface area contributed by atoms with Crippen LogP contribution < -0.4 is 19.8 Å². The fourth-order valence-electron chi connectivity index (χ4n) is 2.22. The van der Waals surface area contributed by atoms with Gasteiger partial charge in [-0.2, -0.15) is 13.5 Å². The van der Waals surface area contributed by atoms with Gasteiger partial charge < -0.3 is 13.9 Å². The highest BCUT2D eigenvalue weighted by molar-refractivity contribution is 7.92. The number of H-pyrrole nitrogens is 1. The van der Waals surface area contributed by atoms with E-state index >= 15 is 0 Å². The number of halogens is 1. The molecule has 0 saturated carbocycles. The van der Waals surface area contributed by atoms with Crippen molar-refractivity contribution in [2.75, 3.05) is 18.9 Å². The number of sulfonamides is 1. The van der Waals surface area contributed by atoms with E-state index in [9.17, 15) is 13.2 Å².